The molecule has 1 amide bonds. The number of benzene rings is 2. The summed E-state index contributed by atoms with van der Waals surface area (Å²) in [7, 11) is 1.67. The van der Waals surface area contributed by atoms with Crippen molar-refractivity contribution in [2.24, 2.45) is 18.0 Å². The molecular formula is C30H30F3N5O3S. The highest BCUT2D eigenvalue weighted by Crippen LogP contribution is 2.38. The van der Waals surface area contributed by atoms with E-state index in [0.717, 1.165) is 17.7 Å². The molecule has 0 bridgehead atoms. The van der Waals surface area contributed by atoms with Crippen molar-refractivity contribution in [3.8, 4) is 5.75 Å². The first-order valence-corrected chi connectivity index (χ1v) is 14.1. The number of aryl methyl sites for hydroxylation is 1. The number of aliphatic imine (C=N–C) groups is 1. The van der Waals surface area contributed by atoms with Crippen LogP contribution in [0.2, 0.25) is 0 Å². The van der Waals surface area contributed by atoms with Gasteiger partial charge in [-0.1, -0.05) is 43.0 Å². The minimum atomic E-state index is -1.60. The van der Waals surface area contributed by atoms with Crippen LogP contribution in [-0.2, 0) is 18.4 Å². The van der Waals surface area contributed by atoms with Gasteiger partial charge >= 0.3 is 0 Å². The molecule has 8 nitrogen and oxygen atoms in total. The van der Waals surface area contributed by atoms with Crippen molar-refractivity contribution < 1.29 is 27.4 Å². The first kappa shape index (κ1) is 29.3. The Bertz CT molecular complexity index is 1520. The zero-order valence-electron chi connectivity index (χ0n) is 23.1. The minimum absolute atomic E-state index is 0.0458. The van der Waals surface area contributed by atoms with E-state index in [-0.39, 0.29) is 23.3 Å². The minimum Gasteiger partial charge on any atom is -0.489 e. The molecule has 2 aliphatic heterocycles. The molecule has 0 saturated carbocycles. The second-order valence-electron chi connectivity index (χ2n) is 9.93. The van der Waals surface area contributed by atoms with Crippen LogP contribution in [0.1, 0.15) is 23.0 Å². The van der Waals surface area contributed by atoms with E-state index in [4.69, 9.17) is 9.47 Å². The maximum absolute atomic E-state index is 13.7. The van der Waals surface area contributed by atoms with E-state index in [1.54, 1.807) is 23.9 Å². The lowest BCUT2D eigenvalue weighted by Crippen LogP contribution is -2.35. The van der Waals surface area contributed by atoms with Crippen LogP contribution in [0.15, 0.2) is 83.1 Å². The first-order chi connectivity index (χ1) is 20.2. The van der Waals surface area contributed by atoms with Crippen LogP contribution in [0.5, 0.6) is 5.75 Å². The van der Waals surface area contributed by atoms with Gasteiger partial charge in [0.25, 0.3) is 5.91 Å². The highest BCUT2D eigenvalue weighted by molar-refractivity contribution is 7.97. The molecule has 2 unspecified atom stereocenters. The van der Waals surface area contributed by atoms with Gasteiger partial charge in [0.05, 0.1) is 11.5 Å². The molecule has 2 N–H and O–H groups in total. The number of aromatic nitrogens is 1. The van der Waals surface area contributed by atoms with E-state index in [9.17, 15) is 18.0 Å². The second kappa shape index (κ2) is 12.8. The maximum atomic E-state index is 13.7. The van der Waals surface area contributed by atoms with Gasteiger partial charge in [0.1, 0.15) is 12.4 Å². The standard InChI is InChI=1S/C30H30F3N5O3S/c1-4-8-26(40-16-19-9-6-5-7-10-19)34-18(2)38-13-20-17-41-29-25(42-36-24(20)14-38)15-37(3)28(29)30(39)35-21-11-22(31)27(33)23(32)12-21/h4-12,15,20,24,36H,2,13-14,16-17H2,1,3H3,(H,35,39)/b8-4-,34-26+. The van der Waals surface area contributed by atoms with Crippen LogP contribution >= 0.6 is 11.9 Å². The maximum Gasteiger partial charge on any atom is 0.276 e. The highest BCUT2D eigenvalue weighted by Gasteiger charge is 2.37. The molecule has 12 heteroatoms. The Morgan fingerprint density at radius 3 is 2.69 bits per heavy atom. The lowest BCUT2D eigenvalue weighted by atomic mass is 10.1. The van der Waals surface area contributed by atoms with Crippen LogP contribution in [-0.4, -0.2) is 47.0 Å². The number of hydrogen-bond donors (Lipinski definition) is 2. The monoisotopic (exact) mass is 597 g/mol. The van der Waals surface area contributed by atoms with Gasteiger partial charge in [-0.15, -0.1) is 0 Å². The van der Waals surface area contributed by atoms with Gasteiger partial charge in [-0.25, -0.2) is 13.2 Å². The van der Waals surface area contributed by atoms with Crippen molar-refractivity contribution in [3.05, 3.63) is 102 Å². The summed E-state index contributed by atoms with van der Waals surface area (Å²) in [6, 6.07) is 11.3. The number of hydrogen-bond acceptors (Lipinski definition) is 7. The molecule has 1 aromatic heterocycles. The Kier molecular flexibility index (Phi) is 8.93. The molecule has 2 aliphatic rings. The van der Waals surface area contributed by atoms with Crippen LogP contribution in [0, 0.1) is 23.4 Å². The second-order valence-corrected chi connectivity index (χ2v) is 10.8. The summed E-state index contributed by atoms with van der Waals surface area (Å²) in [5.41, 5.74) is 0.986. The van der Waals surface area contributed by atoms with E-state index in [0.29, 0.717) is 48.7 Å². The van der Waals surface area contributed by atoms with Crippen molar-refractivity contribution in [2.45, 2.75) is 24.5 Å². The van der Waals surface area contributed by atoms with E-state index >= 15 is 0 Å². The molecule has 5 rings (SSSR count). The number of carbonyl (C=O) groups is 1. The third-order valence-electron chi connectivity index (χ3n) is 6.91. The molecule has 220 valence electrons. The number of fused-ring (bicyclic) bond motifs is 2. The average Bonchev–Trinajstić information content (AvgIpc) is 3.51. The highest BCUT2D eigenvalue weighted by atomic mass is 32.2. The molecule has 2 atom stereocenters. The largest absolute Gasteiger partial charge is 0.489 e. The Hall–Kier alpha value is -4.16. The van der Waals surface area contributed by atoms with Gasteiger partial charge in [-0.05, 0) is 30.5 Å². The molecule has 0 aliphatic carbocycles. The zero-order chi connectivity index (χ0) is 29.8. The number of nitrogens with zero attached hydrogens (tertiary/aromatic N) is 3. The number of anilines is 1. The van der Waals surface area contributed by atoms with E-state index in [1.165, 1.54) is 11.9 Å². The lowest BCUT2D eigenvalue weighted by Gasteiger charge is -2.23. The van der Waals surface area contributed by atoms with Gasteiger partial charge in [-0.3, -0.25) is 9.52 Å². The summed E-state index contributed by atoms with van der Waals surface area (Å²) >= 11 is 1.33. The van der Waals surface area contributed by atoms with Crippen LogP contribution in [0.3, 0.4) is 0 Å². The molecule has 0 spiro atoms. The van der Waals surface area contributed by atoms with Crippen molar-refractivity contribution in [2.75, 3.05) is 25.0 Å². The molecule has 42 heavy (non-hydrogen) atoms. The van der Waals surface area contributed by atoms with Crippen molar-refractivity contribution in [1.82, 2.24) is 14.2 Å². The number of halogens is 3. The van der Waals surface area contributed by atoms with Gasteiger partial charge in [0, 0.05) is 56.1 Å². The molecule has 0 radical (unpaired) electrons. The molecular weight excluding hydrogens is 567 g/mol. The van der Waals surface area contributed by atoms with Gasteiger partial charge in [0.15, 0.2) is 28.9 Å². The number of nitrogens with one attached hydrogen (secondary N) is 2. The third-order valence-corrected chi connectivity index (χ3v) is 7.84. The first-order valence-electron chi connectivity index (χ1n) is 13.3. The number of rotatable bonds is 7. The van der Waals surface area contributed by atoms with Crippen molar-refractivity contribution >= 4 is 29.4 Å². The normalized spacial score (nSPS) is 18.6. The summed E-state index contributed by atoms with van der Waals surface area (Å²) < 4.78 is 57.9. The summed E-state index contributed by atoms with van der Waals surface area (Å²) in [4.78, 5) is 20.5. The SMILES string of the molecule is C=C(/N=C(\C=C/C)OCc1ccccc1)N1CC2COc3c(cn(C)c3C(=O)Nc3cc(F)c(F)c(F)c3)SNC2C1. The lowest BCUT2D eigenvalue weighted by molar-refractivity contribution is 0.101. The fourth-order valence-corrected chi connectivity index (χ4v) is 5.78. The average molecular weight is 598 g/mol. The quantitative estimate of drug-likeness (QED) is 0.159. The van der Waals surface area contributed by atoms with Gasteiger partial charge in [0.2, 0.25) is 5.90 Å². The fourth-order valence-electron chi connectivity index (χ4n) is 4.77. The Balaban J connectivity index is 1.25. The number of likely N-dealkylation sites (tertiary alicyclic amines) is 1. The molecule has 1 fully saturated rings. The predicted molar refractivity (Wildman–Crippen MR) is 156 cm³/mol. The number of amides is 1. The molecule has 3 aromatic rings. The fraction of sp³-hybridized carbons (Fsp3) is 0.267. The summed E-state index contributed by atoms with van der Waals surface area (Å²) in [5.74, 6) is -3.64. The van der Waals surface area contributed by atoms with Crippen LogP contribution < -0.4 is 14.8 Å². The molecule has 3 heterocycles. The summed E-state index contributed by atoms with van der Waals surface area (Å²) in [5, 5.41) is 2.43. The molecule has 2 aromatic carbocycles. The Morgan fingerprint density at radius 2 is 1.98 bits per heavy atom. The number of ether oxygens (including phenoxy) is 2. The summed E-state index contributed by atoms with van der Waals surface area (Å²) in [6.45, 7) is 8.00. The Labute approximate surface area is 246 Å². The van der Waals surface area contributed by atoms with E-state index in [1.807, 2.05) is 43.3 Å². The number of allylic oxidation sites excluding steroid dienone is 1. The van der Waals surface area contributed by atoms with Crippen molar-refractivity contribution in [1.29, 1.82) is 0 Å². The van der Waals surface area contributed by atoms with Gasteiger partial charge < -0.3 is 24.3 Å². The molecule has 1 saturated heterocycles. The number of carbonyl (C=O) groups excluding carboxylic acids is 1. The predicted octanol–water partition coefficient (Wildman–Crippen LogP) is 5.65. The zero-order valence-corrected chi connectivity index (χ0v) is 23.9. The Morgan fingerprint density at radius 1 is 1.24 bits per heavy atom. The topological polar surface area (TPSA) is 80.1 Å². The third kappa shape index (κ3) is 6.50. The van der Waals surface area contributed by atoms with E-state index in [2.05, 4.69) is 26.5 Å². The smallest absolute Gasteiger partial charge is 0.276 e. The van der Waals surface area contributed by atoms with Crippen LogP contribution in [0.25, 0.3) is 0 Å². The van der Waals surface area contributed by atoms with Crippen molar-refractivity contribution in [3.63, 3.8) is 0 Å². The summed E-state index contributed by atoms with van der Waals surface area (Å²) in [6.07, 6.45) is 5.38. The van der Waals surface area contributed by atoms with Gasteiger partial charge in [-0.2, -0.15) is 4.99 Å². The van der Waals surface area contributed by atoms with Crippen LogP contribution in [0.4, 0.5) is 18.9 Å². The van der Waals surface area contributed by atoms with E-state index < -0.39 is 23.4 Å².